The number of rotatable bonds is 1. The van der Waals surface area contributed by atoms with Crippen molar-refractivity contribution in [3.05, 3.63) is 0 Å². The first-order valence-electron chi connectivity index (χ1n) is 4.37. The van der Waals surface area contributed by atoms with Gasteiger partial charge in [0, 0.05) is 13.1 Å². The second-order valence-corrected chi connectivity index (χ2v) is 4.05. The highest BCUT2D eigenvalue weighted by atomic mass is 19.4. The Hall–Kier alpha value is -1.27. The molecule has 1 N–H and O–H groups in total. The van der Waals surface area contributed by atoms with Crippen molar-refractivity contribution in [2.75, 3.05) is 13.1 Å². The minimum absolute atomic E-state index is 0.0926. The maximum absolute atomic E-state index is 12.0. The van der Waals surface area contributed by atoms with Gasteiger partial charge in [0.1, 0.15) is 0 Å². The molecule has 15 heavy (non-hydrogen) atoms. The molecule has 0 aromatic rings. The van der Waals surface area contributed by atoms with E-state index in [0.717, 1.165) is 0 Å². The molecule has 2 aliphatic rings. The van der Waals surface area contributed by atoms with Crippen LogP contribution in [0.25, 0.3) is 0 Å². The van der Waals surface area contributed by atoms with E-state index in [2.05, 4.69) is 0 Å². The van der Waals surface area contributed by atoms with E-state index in [1.807, 2.05) is 0 Å². The number of carboxylic acid groups (broad SMARTS) is 1. The summed E-state index contributed by atoms with van der Waals surface area (Å²) in [4.78, 5) is 22.2. The van der Waals surface area contributed by atoms with Crippen molar-refractivity contribution >= 4 is 11.9 Å². The van der Waals surface area contributed by atoms with E-state index >= 15 is 0 Å². The predicted octanol–water partition coefficient (Wildman–Crippen LogP) is 0.482. The molecule has 7 heteroatoms. The van der Waals surface area contributed by atoms with E-state index < -0.39 is 23.5 Å². The lowest BCUT2D eigenvalue weighted by molar-refractivity contribution is -0.185. The van der Waals surface area contributed by atoms with E-state index in [4.69, 9.17) is 5.11 Å². The Morgan fingerprint density at radius 3 is 2.40 bits per heavy atom. The first-order chi connectivity index (χ1) is 6.77. The average molecular weight is 223 g/mol. The van der Waals surface area contributed by atoms with Crippen molar-refractivity contribution in [2.24, 2.45) is 11.3 Å². The highest BCUT2D eigenvalue weighted by molar-refractivity contribution is 5.86. The Balaban J connectivity index is 2.07. The first-order valence-corrected chi connectivity index (χ1v) is 4.37. The van der Waals surface area contributed by atoms with E-state index in [1.54, 1.807) is 0 Å². The number of hydrogen-bond donors (Lipinski definition) is 1. The molecule has 84 valence electrons. The van der Waals surface area contributed by atoms with Gasteiger partial charge in [-0.3, -0.25) is 9.59 Å². The number of carbonyl (C=O) groups is 2. The molecule has 2 rings (SSSR count). The molecule has 4 nitrogen and oxygen atoms in total. The number of halogens is 3. The van der Waals surface area contributed by atoms with Crippen molar-refractivity contribution in [3.63, 3.8) is 0 Å². The molecule has 0 radical (unpaired) electrons. The van der Waals surface area contributed by atoms with Gasteiger partial charge >= 0.3 is 18.1 Å². The Labute approximate surface area is 82.7 Å². The van der Waals surface area contributed by atoms with Crippen molar-refractivity contribution in [1.82, 2.24) is 4.90 Å². The summed E-state index contributed by atoms with van der Waals surface area (Å²) in [6.45, 7) is -0.407. The van der Waals surface area contributed by atoms with Crippen molar-refractivity contribution in [1.29, 1.82) is 0 Å². The van der Waals surface area contributed by atoms with Gasteiger partial charge in [0.2, 0.25) is 0 Å². The number of hydrogen-bond acceptors (Lipinski definition) is 2. The number of carbonyl (C=O) groups excluding carboxylic acids is 1. The summed E-state index contributed by atoms with van der Waals surface area (Å²) in [5.74, 6) is -3.35. The molecule has 0 aromatic carbocycles. The summed E-state index contributed by atoms with van der Waals surface area (Å²) < 4.78 is 36.1. The molecule has 0 unspecified atom stereocenters. The fourth-order valence-electron chi connectivity index (χ4n) is 2.15. The summed E-state index contributed by atoms with van der Waals surface area (Å²) in [5, 5.41) is 8.80. The SMILES string of the molecule is O=C(N1C[C@@H]2C[C@]2(C(=O)O)C1)C(F)(F)F. The summed E-state index contributed by atoms with van der Waals surface area (Å²) >= 11 is 0. The third kappa shape index (κ3) is 1.37. The largest absolute Gasteiger partial charge is 0.481 e. The smallest absolute Gasteiger partial charge is 0.471 e. The van der Waals surface area contributed by atoms with Crippen molar-refractivity contribution in [3.8, 4) is 0 Å². The Bertz CT molecular complexity index is 341. The fourth-order valence-corrected chi connectivity index (χ4v) is 2.15. The van der Waals surface area contributed by atoms with Crippen LogP contribution in [0.1, 0.15) is 6.42 Å². The van der Waals surface area contributed by atoms with Crippen LogP contribution < -0.4 is 0 Å². The van der Waals surface area contributed by atoms with Gasteiger partial charge in [-0.1, -0.05) is 0 Å². The van der Waals surface area contributed by atoms with E-state index in [1.165, 1.54) is 0 Å². The predicted molar refractivity (Wildman–Crippen MR) is 40.8 cm³/mol. The number of fused-ring (bicyclic) bond motifs is 1. The summed E-state index contributed by atoms with van der Waals surface area (Å²) in [6, 6.07) is 0. The lowest BCUT2D eigenvalue weighted by Gasteiger charge is -2.20. The zero-order valence-corrected chi connectivity index (χ0v) is 7.54. The molecule has 1 heterocycles. The van der Waals surface area contributed by atoms with Gasteiger partial charge in [-0.25, -0.2) is 0 Å². The molecule has 0 spiro atoms. The van der Waals surface area contributed by atoms with Crippen LogP contribution in [-0.4, -0.2) is 41.1 Å². The molecule has 1 saturated carbocycles. The Morgan fingerprint density at radius 1 is 1.40 bits per heavy atom. The number of amides is 1. The van der Waals surface area contributed by atoms with Crippen molar-refractivity contribution in [2.45, 2.75) is 12.6 Å². The van der Waals surface area contributed by atoms with Crippen LogP contribution in [0.2, 0.25) is 0 Å². The van der Waals surface area contributed by atoms with E-state index in [9.17, 15) is 22.8 Å². The number of carboxylic acids is 1. The number of nitrogens with zero attached hydrogens (tertiary/aromatic N) is 1. The van der Waals surface area contributed by atoms with Crippen LogP contribution in [0.3, 0.4) is 0 Å². The molecule has 1 aliphatic carbocycles. The monoisotopic (exact) mass is 223 g/mol. The minimum Gasteiger partial charge on any atom is -0.481 e. The standard InChI is InChI=1S/C8H8F3NO3/c9-8(10,11)5(13)12-2-4-1-7(4,3-12)6(14)15/h4H,1-3H2,(H,14,15)/t4-,7-/m0/s1. The highest BCUT2D eigenvalue weighted by Gasteiger charge is 2.67. The normalized spacial score (nSPS) is 33.8. The molecule has 1 saturated heterocycles. The maximum Gasteiger partial charge on any atom is 0.471 e. The molecule has 1 amide bonds. The van der Waals surface area contributed by atoms with Gasteiger partial charge < -0.3 is 10.0 Å². The number of piperidine rings is 1. The highest BCUT2D eigenvalue weighted by Crippen LogP contribution is 2.58. The number of likely N-dealkylation sites (tertiary alicyclic amines) is 1. The quantitative estimate of drug-likeness (QED) is 0.703. The molecule has 2 fully saturated rings. The molecule has 0 aromatic heterocycles. The van der Waals surface area contributed by atoms with Gasteiger partial charge in [0.05, 0.1) is 5.41 Å². The Kier molecular flexibility index (Phi) is 1.81. The van der Waals surface area contributed by atoms with Gasteiger partial charge in [0.15, 0.2) is 0 Å². The van der Waals surface area contributed by atoms with Gasteiger partial charge in [-0.15, -0.1) is 0 Å². The average Bonchev–Trinajstić information content (AvgIpc) is 2.67. The summed E-state index contributed by atoms with van der Waals surface area (Å²) in [6.07, 6.45) is -4.53. The van der Waals surface area contributed by atoms with Crippen LogP contribution in [0.4, 0.5) is 13.2 Å². The maximum atomic E-state index is 12.0. The molecule has 0 bridgehead atoms. The van der Waals surface area contributed by atoms with Gasteiger partial charge in [0.25, 0.3) is 0 Å². The zero-order chi connectivity index (χ0) is 11.4. The third-order valence-electron chi connectivity index (χ3n) is 3.10. The minimum atomic E-state index is -4.91. The van der Waals surface area contributed by atoms with Crippen LogP contribution in [0.5, 0.6) is 0 Å². The number of alkyl halides is 3. The zero-order valence-electron chi connectivity index (χ0n) is 7.54. The topological polar surface area (TPSA) is 57.6 Å². The first kappa shape index (κ1) is 10.3. The molecular weight excluding hydrogens is 215 g/mol. The van der Waals surface area contributed by atoms with Crippen LogP contribution >= 0.6 is 0 Å². The van der Waals surface area contributed by atoms with Gasteiger partial charge in [-0.05, 0) is 12.3 Å². The van der Waals surface area contributed by atoms with Crippen molar-refractivity contribution < 1.29 is 27.9 Å². The second-order valence-electron chi connectivity index (χ2n) is 4.05. The van der Waals surface area contributed by atoms with Crippen LogP contribution in [0.15, 0.2) is 0 Å². The fraction of sp³-hybridized carbons (Fsp3) is 0.750. The summed E-state index contributed by atoms with van der Waals surface area (Å²) in [5.41, 5.74) is -1.10. The Morgan fingerprint density at radius 2 is 2.00 bits per heavy atom. The van der Waals surface area contributed by atoms with Crippen LogP contribution in [0, 0.1) is 11.3 Å². The second kappa shape index (κ2) is 2.65. The molecule has 2 atom stereocenters. The van der Waals surface area contributed by atoms with Gasteiger partial charge in [-0.2, -0.15) is 13.2 Å². The summed E-state index contributed by atoms with van der Waals surface area (Å²) in [7, 11) is 0. The number of aliphatic carboxylic acids is 1. The van der Waals surface area contributed by atoms with E-state index in [-0.39, 0.29) is 19.0 Å². The van der Waals surface area contributed by atoms with E-state index in [0.29, 0.717) is 11.3 Å². The third-order valence-corrected chi connectivity index (χ3v) is 3.10. The molecular formula is C8H8F3NO3. The lowest BCUT2D eigenvalue weighted by Crippen LogP contribution is -2.42. The molecule has 1 aliphatic heterocycles. The lowest BCUT2D eigenvalue weighted by atomic mass is 10.1. The van der Waals surface area contributed by atoms with Crippen LogP contribution in [-0.2, 0) is 9.59 Å².